The van der Waals surface area contributed by atoms with E-state index in [0.717, 1.165) is 16.4 Å². The summed E-state index contributed by atoms with van der Waals surface area (Å²) in [5.74, 6) is -0.805. The topological polar surface area (TPSA) is 143 Å². The van der Waals surface area contributed by atoms with Gasteiger partial charge in [-0.2, -0.15) is 15.3 Å². The maximum Gasteiger partial charge on any atom is 0.280 e. The van der Waals surface area contributed by atoms with Crippen molar-refractivity contribution in [3.05, 3.63) is 77.5 Å². The first-order valence-corrected chi connectivity index (χ1v) is 10.9. The molecule has 0 aliphatic heterocycles. The molecular formula is C24H18F2N8O3. The SMILES string of the molecule is CC(=O)c1ccc(-c2cnn3cc(Oc4ccc(C)nn4)ccc23)nc1-n1nc(C(N)=O)cc1C(F)F. The molecule has 0 spiro atoms. The van der Waals surface area contributed by atoms with Crippen LogP contribution in [-0.2, 0) is 0 Å². The number of primary amides is 1. The van der Waals surface area contributed by atoms with E-state index in [-0.39, 0.29) is 17.1 Å². The molecule has 1 amide bonds. The van der Waals surface area contributed by atoms with Gasteiger partial charge in [0.1, 0.15) is 11.4 Å². The first-order valence-electron chi connectivity index (χ1n) is 10.9. The lowest BCUT2D eigenvalue weighted by Crippen LogP contribution is -2.14. The van der Waals surface area contributed by atoms with Gasteiger partial charge >= 0.3 is 0 Å². The Bertz CT molecular complexity index is 1660. The molecule has 0 aliphatic rings. The fourth-order valence-corrected chi connectivity index (χ4v) is 3.66. The van der Waals surface area contributed by atoms with Gasteiger partial charge in [0.05, 0.1) is 34.9 Å². The first-order chi connectivity index (χ1) is 17.7. The number of nitrogens with two attached hydrogens (primary N) is 1. The number of Topliss-reactive ketones (excluding diaryl/α,β-unsaturated/α-hetero) is 1. The fraction of sp³-hybridized carbons (Fsp3) is 0.125. The van der Waals surface area contributed by atoms with Crippen LogP contribution in [0.4, 0.5) is 8.78 Å². The van der Waals surface area contributed by atoms with Gasteiger partial charge in [0, 0.05) is 11.6 Å². The highest BCUT2D eigenvalue weighted by atomic mass is 19.3. The van der Waals surface area contributed by atoms with Crippen molar-refractivity contribution in [3.8, 4) is 28.7 Å². The van der Waals surface area contributed by atoms with Gasteiger partial charge in [-0.15, -0.1) is 5.10 Å². The molecule has 13 heteroatoms. The molecule has 0 fully saturated rings. The van der Waals surface area contributed by atoms with Crippen LogP contribution in [0.2, 0.25) is 0 Å². The number of halogens is 2. The molecule has 0 saturated heterocycles. The number of carbonyl (C=O) groups is 2. The average molecular weight is 504 g/mol. The van der Waals surface area contributed by atoms with E-state index >= 15 is 0 Å². The summed E-state index contributed by atoms with van der Waals surface area (Å²) in [6, 6.07) is 10.8. The molecule has 5 heterocycles. The summed E-state index contributed by atoms with van der Waals surface area (Å²) in [5, 5.41) is 16.1. The maximum atomic E-state index is 13.8. The fourth-order valence-electron chi connectivity index (χ4n) is 3.66. The largest absolute Gasteiger partial charge is 0.436 e. The van der Waals surface area contributed by atoms with Crippen molar-refractivity contribution in [3.63, 3.8) is 0 Å². The van der Waals surface area contributed by atoms with Crippen LogP contribution in [0.3, 0.4) is 0 Å². The Labute approximate surface area is 207 Å². The van der Waals surface area contributed by atoms with Crippen molar-refractivity contribution in [2.45, 2.75) is 20.3 Å². The van der Waals surface area contributed by atoms with E-state index in [0.29, 0.717) is 28.4 Å². The minimum atomic E-state index is -3.00. The van der Waals surface area contributed by atoms with Gasteiger partial charge in [-0.1, -0.05) is 0 Å². The van der Waals surface area contributed by atoms with Crippen LogP contribution in [0.15, 0.2) is 54.9 Å². The molecule has 0 bridgehead atoms. The number of carbonyl (C=O) groups excluding carboxylic acids is 2. The molecule has 0 aliphatic carbocycles. The van der Waals surface area contributed by atoms with Gasteiger partial charge < -0.3 is 10.5 Å². The van der Waals surface area contributed by atoms with Gasteiger partial charge in [0.15, 0.2) is 17.3 Å². The second-order valence-corrected chi connectivity index (χ2v) is 8.02. The summed E-state index contributed by atoms with van der Waals surface area (Å²) >= 11 is 0. The van der Waals surface area contributed by atoms with E-state index in [4.69, 9.17) is 10.5 Å². The third-order valence-corrected chi connectivity index (χ3v) is 5.43. The second-order valence-electron chi connectivity index (χ2n) is 8.02. The Balaban J connectivity index is 1.58. The minimum absolute atomic E-state index is 0.0381. The predicted octanol–water partition coefficient (Wildman–Crippen LogP) is 3.71. The highest BCUT2D eigenvalue weighted by Crippen LogP contribution is 2.30. The Kier molecular flexibility index (Phi) is 5.87. The van der Waals surface area contributed by atoms with E-state index in [9.17, 15) is 18.4 Å². The van der Waals surface area contributed by atoms with Crippen molar-refractivity contribution in [1.82, 2.24) is 34.6 Å². The molecule has 0 unspecified atom stereocenters. The molecule has 0 aromatic carbocycles. The quantitative estimate of drug-likeness (QED) is 0.331. The molecule has 5 rings (SSSR count). The van der Waals surface area contributed by atoms with Crippen LogP contribution >= 0.6 is 0 Å². The predicted molar refractivity (Wildman–Crippen MR) is 126 cm³/mol. The van der Waals surface area contributed by atoms with Gasteiger partial charge in [-0.3, -0.25) is 9.59 Å². The molecule has 2 N–H and O–H groups in total. The second kappa shape index (κ2) is 9.18. The third-order valence-electron chi connectivity index (χ3n) is 5.43. The van der Waals surface area contributed by atoms with Gasteiger partial charge in [0.25, 0.3) is 12.3 Å². The molecule has 186 valence electrons. The number of aryl methyl sites for hydroxylation is 1. The van der Waals surface area contributed by atoms with Crippen LogP contribution in [0.5, 0.6) is 11.6 Å². The van der Waals surface area contributed by atoms with Crippen LogP contribution in [-0.4, -0.2) is 46.3 Å². The van der Waals surface area contributed by atoms with E-state index in [1.807, 2.05) is 6.92 Å². The average Bonchev–Trinajstić information content (AvgIpc) is 3.50. The van der Waals surface area contributed by atoms with Crippen LogP contribution in [0.1, 0.15) is 45.6 Å². The Morgan fingerprint density at radius 3 is 2.57 bits per heavy atom. The summed E-state index contributed by atoms with van der Waals surface area (Å²) in [7, 11) is 0. The number of ether oxygens (including phenoxy) is 1. The number of rotatable bonds is 7. The van der Waals surface area contributed by atoms with Crippen molar-refractivity contribution in [2.24, 2.45) is 5.73 Å². The summed E-state index contributed by atoms with van der Waals surface area (Å²) in [5.41, 5.74) is 6.55. The Morgan fingerprint density at radius 1 is 1.08 bits per heavy atom. The number of amides is 1. The highest BCUT2D eigenvalue weighted by molar-refractivity contribution is 5.98. The lowest BCUT2D eigenvalue weighted by atomic mass is 10.1. The number of ketones is 1. The van der Waals surface area contributed by atoms with Gasteiger partial charge in [-0.05, 0) is 50.2 Å². The highest BCUT2D eigenvalue weighted by Gasteiger charge is 2.24. The zero-order chi connectivity index (χ0) is 26.3. The molecule has 5 aromatic rings. The zero-order valence-electron chi connectivity index (χ0n) is 19.5. The summed E-state index contributed by atoms with van der Waals surface area (Å²) in [6.07, 6.45) is 0.169. The summed E-state index contributed by atoms with van der Waals surface area (Å²) in [6.45, 7) is 3.09. The smallest absolute Gasteiger partial charge is 0.280 e. The van der Waals surface area contributed by atoms with Crippen molar-refractivity contribution < 1.29 is 23.1 Å². The first kappa shape index (κ1) is 23.7. The number of alkyl halides is 2. The monoisotopic (exact) mass is 504 g/mol. The van der Waals surface area contributed by atoms with E-state index in [1.54, 1.807) is 41.0 Å². The zero-order valence-corrected chi connectivity index (χ0v) is 19.5. The Morgan fingerprint density at radius 2 is 1.89 bits per heavy atom. The standard InChI is InChI=1S/C24H18F2N8O3/c1-12-3-8-21(31-30-12)37-14-4-7-19-16(10-28-33(19)11-14)17-6-5-15(13(2)35)24(29-17)34-20(22(25)26)9-18(32-34)23(27)36/h3-11,22H,1-2H3,(H2,27,36). The number of hydrogen-bond donors (Lipinski definition) is 1. The number of nitrogens with zero attached hydrogens (tertiary/aromatic N) is 7. The third kappa shape index (κ3) is 4.49. The van der Waals surface area contributed by atoms with Crippen LogP contribution in [0, 0.1) is 6.92 Å². The minimum Gasteiger partial charge on any atom is -0.436 e. The van der Waals surface area contributed by atoms with Gasteiger partial charge in [0.2, 0.25) is 5.88 Å². The number of aromatic nitrogens is 7. The van der Waals surface area contributed by atoms with Gasteiger partial charge in [-0.25, -0.2) is 23.0 Å². The molecule has 11 nitrogen and oxygen atoms in total. The van der Waals surface area contributed by atoms with Crippen molar-refractivity contribution in [1.29, 1.82) is 0 Å². The Hall–Kier alpha value is -5.07. The normalized spacial score (nSPS) is 11.3. The molecule has 5 aromatic heterocycles. The number of hydrogen-bond acceptors (Lipinski definition) is 8. The van der Waals surface area contributed by atoms with E-state index < -0.39 is 23.8 Å². The van der Waals surface area contributed by atoms with E-state index in [1.165, 1.54) is 19.2 Å². The summed E-state index contributed by atoms with van der Waals surface area (Å²) < 4.78 is 35.6. The maximum absolute atomic E-state index is 13.8. The van der Waals surface area contributed by atoms with Crippen molar-refractivity contribution in [2.75, 3.05) is 0 Å². The lowest BCUT2D eigenvalue weighted by molar-refractivity contribution is 0.0993. The number of pyridine rings is 2. The van der Waals surface area contributed by atoms with Crippen LogP contribution in [0.25, 0.3) is 22.6 Å². The van der Waals surface area contributed by atoms with E-state index in [2.05, 4.69) is 25.4 Å². The molecule has 37 heavy (non-hydrogen) atoms. The molecular weight excluding hydrogens is 486 g/mol. The van der Waals surface area contributed by atoms with Crippen molar-refractivity contribution >= 4 is 17.2 Å². The molecule has 0 radical (unpaired) electrons. The molecule has 0 atom stereocenters. The number of fused-ring (bicyclic) bond motifs is 1. The lowest BCUT2D eigenvalue weighted by Gasteiger charge is -2.11. The summed E-state index contributed by atoms with van der Waals surface area (Å²) in [4.78, 5) is 28.3. The molecule has 0 saturated carbocycles. The van der Waals surface area contributed by atoms with Crippen LogP contribution < -0.4 is 10.5 Å².